The summed E-state index contributed by atoms with van der Waals surface area (Å²) in [6.07, 6.45) is 2.86. The van der Waals surface area contributed by atoms with Gasteiger partial charge in [-0.3, -0.25) is 9.59 Å². The molecule has 1 fully saturated rings. The third-order valence-corrected chi connectivity index (χ3v) is 9.14. The van der Waals surface area contributed by atoms with E-state index in [0.29, 0.717) is 35.9 Å². The van der Waals surface area contributed by atoms with Crippen LogP contribution in [-0.4, -0.2) is 58.0 Å². The molecule has 0 radical (unpaired) electrons. The zero-order valence-corrected chi connectivity index (χ0v) is 26.2. The normalized spacial score (nSPS) is 13.7. The Balaban J connectivity index is 1.38. The number of nitrogens with zero attached hydrogens (tertiary/aromatic N) is 1. The molecule has 1 aliphatic rings. The second-order valence-electron chi connectivity index (χ2n) is 10.6. The van der Waals surface area contributed by atoms with Gasteiger partial charge in [0, 0.05) is 30.6 Å². The fourth-order valence-corrected chi connectivity index (χ4v) is 6.03. The molecular formula is C32H38ClN3O6S. The predicted molar refractivity (Wildman–Crippen MR) is 166 cm³/mol. The van der Waals surface area contributed by atoms with Gasteiger partial charge >= 0.3 is 0 Å². The van der Waals surface area contributed by atoms with Crippen molar-refractivity contribution in [2.45, 2.75) is 62.6 Å². The van der Waals surface area contributed by atoms with Crippen LogP contribution in [0, 0.1) is 0 Å². The Kier molecular flexibility index (Phi) is 11.1. The zero-order chi connectivity index (χ0) is 31.0. The van der Waals surface area contributed by atoms with E-state index < -0.39 is 16.1 Å². The molecule has 1 saturated carbocycles. The van der Waals surface area contributed by atoms with E-state index in [1.807, 2.05) is 30.3 Å². The molecule has 0 bridgehead atoms. The highest BCUT2D eigenvalue weighted by atomic mass is 35.5. The number of carbonyl (C=O) groups is 2. The van der Waals surface area contributed by atoms with Crippen LogP contribution >= 0.6 is 11.6 Å². The first-order valence-electron chi connectivity index (χ1n) is 14.2. The molecule has 3 aromatic rings. The van der Waals surface area contributed by atoms with E-state index in [4.69, 9.17) is 21.1 Å². The van der Waals surface area contributed by atoms with Crippen molar-refractivity contribution < 1.29 is 27.5 Å². The van der Waals surface area contributed by atoms with Gasteiger partial charge in [0.05, 0.1) is 19.1 Å². The topological polar surface area (TPSA) is 114 Å². The van der Waals surface area contributed by atoms with Gasteiger partial charge in [-0.15, -0.1) is 0 Å². The minimum Gasteiger partial charge on any atom is -0.493 e. The summed E-state index contributed by atoms with van der Waals surface area (Å²) in [6.45, 7) is 2.34. The molecule has 0 spiro atoms. The molecule has 3 aromatic carbocycles. The van der Waals surface area contributed by atoms with Crippen molar-refractivity contribution in [1.29, 1.82) is 0 Å². The number of nitrogens with one attached hydrogen (secondary N) is 2. The van der Waals surface area contributed by atoms with Crippen molar-refractivity contribution in [2.75, 3.05) is 20.8 Å². The lowest BCUT2D eigenvalue weighted by atomic mass is 10.1. The molecule has 4 rings (SSSR count). The van der Waals surface area contributed by atoms with E-state index in [2.05, 4.69) is 10.0 Å². The smallest absolute Gasteiger partial charge is 0.242 e. The lowest BCUT2D eigenvalue weighted by Gasteiger charge is -2.29. The van der Waals surface area contributed by atoms with Crippen molar-refractivity contribution in [1.82, 2.24) is 14.9 Å². The van der Waals surface area contributed by atoms with Gasteiger partial charge in [0.1, 0.15) is 6.04 Å². The van der Waals surface area contributed by atoms with Crippen LogP contribution < -0.4 is 19.5 Å². The maximum absolute atomic E-state index is 13.5. The van der Waals surface area contributed by atoms with Crippen LogP contribution in [0.5, 0.6) is 11.5 Å². The maximum atomic E-state index is 13.5. The second-order valence-corrected chi connectivity index (χ2v) is 12.7. The van der Waals surface area contributed by atoms with Crippen molar-refractivity contribution in [2.24, 2.45) is 0 Å². The third-order valence-electron chi connectivity index (χ3n) is 7.35. The average Bonchev–Trinajstić information content (AvgIpc) is 3.82. The molecule has 230 valence electrons. The van der Waals surface area contributed by atoms with Gasteiger partial charge in [0.15, 0.2) is 11.5 Å². The predicted octanol–water partition coefficient (Wildman–Crippen LogP) is 4.51. The van der Waals surface area contributed by atoms with Crippen LogP contribution in [-0.2, 0) is 39.0 Å². The first kappa shape index (κ1) is 32.3. The van der Waals surface area contributed by atoms with Crippen LogP contribution in [0.25, 0.3) is 0 Å². The number of halogens is 1. The Morgan fingerprint density at radius 2 is 1.53 bits per heavy atom. The Morgan fingerprint density at radius 3 is 2.16 bits per heavy atom. The van der Waals surface area contributed by atoms with E-state index in [-0.39, 0.29) is 35.7 Å². The number of rotatable bonds is 15. The Labute approximate surface area is 258 Å². The van der Waals surface area contributed by atoms with E-state index in [1.54, 1.807) is 62.4 Å². The summed E-state index contributed by atoms with van der Waals surface area (Å²) in [4.78, 5) is 28.5. The van der Waals surface area contributed by atoms with E-state index in [9.17, 15) is 18.0 Å². The van der Waals surface area contributed by atoms with Gasteiger partial charge in [-0.2, -0.15) is 0 Å². The highest BCUT2D eigenvalue weighted by molar-refractivity contribution is 7.89. The zero-order valence-electron chi connectivity index (χ0n) is 24.6. The fraction of sp³-hybridized carbons (Fsp3) is 0.375. The van der Waals surface area contributed by atoms with Gasteiger partial charge in [-0.25, -0.2) is 13.1 Å². The minimum absolute atomic E-state index is 0.0269. The molecule has 43 heavy (non-hydrogen) atoms. The average molecular weight is 628 g/mol. The van der Waals surface area contributed by atoms with Gasteiger partial charge in [-0.1, -0.05) is 41.9 Å². The summed E-state index contributed by atoms with van der Waals surface area (Å²) in [5.74, 6) is 0.794. The molecule has 1 atom stereocenters. The van der Waals surface area contributed by atoms with E-state index in [1.165, 1.54) is 0 Å². The summed E-state index contributed by atoms with van der Waals surface area (Å²) >= 11 is 6.05. The second kappa shape index (κ2) is 14.7. The molecule has 2 amide bonds. The molecule has 2 N–H and O–H groups in total. The van der Waals surface area contributed by atoms with Crippen molar-refractivity contribution in [3.63, 3.8) is 0 Å². The number of benzene rings is 3. The highest BCUT2D eigenvalue weighted by Crippen LogP contribution is 2.27. The van der Waals surface area contributed by atoms with Crippen molar-refractivity contribution in [3.8, 4) is 11.5 Å². The van der Waals surface area contributed by atoms with Crippen LogP contribution in [0.15, 0.2) is 71.6 Å². The molecular weight excluding hydrogens is 590 g/mol. The number of carbonyl (C=O) groups excluding carboxylic acids is 2. The number of hydrogen-bond donors (Lipinski definition) is 2. The monoisotopic (exact) mass is 627 g/mol. The summed E-state index contributed by atoms with van der Waals surface area (Å²) in [7, 11) is -0.390. The van der Waals surface area contributed by atoms with E-state index in [0.717, 1.165) is 29.5 Å². The summed E-state index contributed by atoms with van der Waals surface area (Å²) in [6, 6.07) is 18.6. The molecule has 0 heterocycles. The molecule has 1 aliphatic carbocycles. The van der Waals surface area contributed by atoms with Crippen LogP contribution in [0.1, 0.15) is 42.9 Å². The van der Waals surface area contributed by atoms with Crippen LogP contribution in [0.4, 0.5) is 0 Å². The molecule has 0 aliphatic heterocycles. The fourth-order valence-electron chi connectivity index (χ4n) is 4.60. The van der Waals surface area contributed by atoms with Gasteiger partial charge in [-0.05, 0) is 85.7 Å². The van der Waals surface area contributed by atoms with Crippen molar-refractivity contribution in [3.05, 3.63) is 88.4 Å². The van der Waals surface area contributed by atoms with Gasteiger partial charge < -0.3 is 19.7 Å². The molecule has 0 saturated heterocycles. The summed E-state index contributed by atoms with van der Waals surface area (Å²) < 4.78 is 38.2. The number of amides is 2. The standard InChI is InChI=1S/C32H38ClN3O6S/c1-22(32(38)34-19-18-24-8-16-29(41-2)30(20-24)42-3)36(21-25-4-10-26(33)11-5-25)31(37)17-9-23-6-14-28(15-7-23)43(39,40)35-27-12-13-27/h4-8,10-11,14-16,20,22,27,35H,9,12-13,17-19,21H2,1-3H3,(H,34,38). The number of methoxy groups -OCH3 is 2. The van der Waals surface area contributed by atoms with Gasteiger partial charge in [0.25, 0.3) is 0 Å². The number of ether oxygens (including phenoxy) is 2. The lowest BCUT2D eigenvalue weighted by Crippen LogP contribution is -2.48. The van der Waals surface area contributed by atoms with Crippen LogP contribution in [0.3, 0.4) is 0 Å². The summed E-state index contributed by atoms with van der Waals surface area (Å²) in [5, 5.41) is 3.53. The largest absolute Gasteiger partial charge is 0.493 e. The first-order valence-corrected chi connectivity index (χ1v) is 16.1. The SMILES string of the molecule is COc1ccc(CCNC(=O)C(C)N(Cc2ccc(Cl)cc2)C(=O)CCc2ccc(S(=O)(=O)NC3CC3)cc2)cc1OC. The molecule has 9 nitrogen and oxygen atoms in total. The third kappa shape index (κ3) is 9.19. The van der Waals surface area contributed by atoms with Gasteiger partial charge in [0.2, 0.25) is 21.8 Å². The Bertz CT molecular complexity index is 1510. The summed E-state index contributed by atoms with van der Waals surface area (Å²) in [5.41, 5.74) is 2.65. The number of aryl methyl sites for hydroxylation is 1. The Hall–Kier alpha value is -3.60. The Morgan fingerprint density at radius 1 is 0.907 bits per heavy atom. The lowest BCUT2D eigenvalue weighted by molar-refractivity contribution is -0.140. The quantitative estimate of drug-likeness (QED) is 0.256. The minimum atomic E-state index is -3.54. The molecule has 11 heteroatoms. The number of sulfonamides is 1. The molecule has 1 unspecified atom stereocenters. The van der Waals surface area contributed by atoms with Crippen LogP contribution in [0.2, 0.25) is 5.02 Å². The van der Waals surface area contributed by atoms with Crippen molar-refractivity contribution >= 4 is 33.4 Å². The first-order chi connectivity index (χ1) is 20.6. The molecule has 0 aromatic heterocycles. The number of hydrogen-bond acceptors (Lipinski definition) is 6. The maximum Gasteiger partial charge on any atom is 0.242 e. The highest BCUT2D eigenvalue weighted by Gasteiger charge is 2.28. The van der Waals surface area contributed by atoms with E-state index >= 15 is 0 Å².